The molecule has 6 heteroatoms. The van der Waals surface area contributed by atoms with Crippen molar-refractivity contribution in [2.24, 2.45) is 5.92 Å². The first-order chi connectivity index (χ1) is 8.21. The summed E-state index contributed by atoms with van der Waals surface area (Å²) in [5.41, 5.74) is 0.316. The molecule has 1 unspecified atom stereocenters. The van der Waals surface area contributed by atoms with Crippen LogP contribution in [0.15, 0.2) is 29.2 Å². The second-order valence-electron chi connectivity index (χ2n) is 4.16. The fraction of sp³-hybridized carbons (Fsp3) is 0.333. The van der Waals surface area contributed by atoms with Crippen molar-refractivity contribution >= 4 is 21.6 Å². The van der Waals surface area contributed by atoms with Crippen molar-refractivity contribution in [1.82, 2.24) is 0 Å². The maximum Gasteiger partial charge on any atom is 0.304 e. The van der Waals surface area contributed by atoms with E-state index in [9.17, 15) is 18.0 Å². The Kier molecular flexibility index (Phi) is 4.24. The summed E-state index contributed by atoms with van der Waals surface area (Å²) < 4.78 is 22.5. The molecule has 1 aromatic carbocycles. The van der Waals surface area contributed by atoms with Crippen LogP contribution in [0.5, 0.6) is 0 Å². The molecule has 98 valence electrons. The van der Waals surface area contributed by atoms with E-state index >= 15 is 0 Å². The van der Waals surface area contributed by atoms with Crippen molar-refractivity contribution in [3.63, 3.8) is 0 Å². The highest BCUT2D eigenvalue weighted by atomic mass is 32.2. The molecule has 0 amide bonds. The number of hydrogen-bond acceptors (Lipinski definition) is 4. The monoisotopic (exact) mass is 270 g/mol. The molecule has 1 aromatic rings. The normalized spacial score (nSPS) is 13.0. The van der Waals surface area contributed by atoms with Crippen LogP contribution in [0, 0.1) is 5.92 Å². The van der Waals surface area contributed by atoms with Crippen molar-refractivity contribution in [3.05, 3.63) is 29.8 Å². The number of ketones is 1. The largest absolute Gasteiger partial charge is 0.481 e. The SMILES string of the molecule is CC(CC(=O)O)C(=O)c1ccc(S(C)(=O)=O)cc1. The number of carboxylic acids is 1. The van der Waals surface area contributed by atoms with E-state index in [1.165, 1.54) is 31.2 Å². The van der Waals surface area contributed by atoms with Crippen LogP contribution in [0.2, 0.25) is 0 Å². The maximum atomic E-state index is 11.8. The Hall–Kier alpha value is -1.69. The first-order valence-corrected chi connectivity index (χ1v) is 7.17. The fourth-order valence-electron chi connectivity index (χ4n) is 1.51. The lowest BCUT2D eigenvalue weighted by molar-refractivity contribution is -0.137. The van der Waals surface area contributed by atoms with E-state index in [2.05, 4.69) is 0 Å². The number of rotatable bonds is 5. The van der Waals surface area contributed by atoms with Crippen LogP contribution in [0.3, 0.4) is 0 Å². The Morgan fingerprint density at radius 3 is 2.11 bits per heavy atom. The molecule has 1 rings (SSSR count). The van der Waals surface area contributed by atoms with Crippen LogP contribution in [-0.2, 0) is 14.6 Å². The van der Waals surface area contributed by atoms with E-state index < -0.39 is 21.7 Å². The molecule has 0 heterocycles. The molecular formula is C12H14O5S. The lowest BCUT2D eigenvalue weighted by atomic mass is 9.97. The quantitative estimate of drug-likeness (QED) is 0.817. The molecule has 1 N–H and O–H groups in total. The zero-order chi connectivity index (χ0) is 13.9. The highest BCUT2D eigenvalue weighted by molar-refractivity contribution is 7.90. The van der Waals surface area contributed by atoms with Gasteiger partial charge < -0.3 is 5.11 Å². The molecule has 18 heavy (non-hydrogen) atoms. The van der Waals surface area contributed by atoms with Crippen molar-refractivity contribution in [2.75, 3.05) is 6.26 Å². The van der Waals surface area contributed by atoms with Gasteiger partial charge in [-0.2, -0.15) is 0 Å². The Morgan fingerprint density at radius 1 is 1.22 bits per heavy atom. The molecule has 0 aliphatic heterocycles. The van der Waals surface area contributed by atoms with E-state index in [1.807, 2.05) is 0 Å². The summed E-state index contributed by atoms with van der Waals surface area (Å²) in [4.78, 5) is 22.5. The van der Waals surface area contributed by atoms with Crippen molar-refractivity contribution in [2.45, 2.75) is 18.2 Å². The van der Waals surface area contributed by atoms with Crippen LogP contribution < -0.4 is 0 Å². The topological polar surface area (TPSA) is 88.5 Å². The van der Waals surface area contributed by atoms with Gasteiger partial charge in [0.05, 0.1) is 11.3 Å². The average molecular weight is 270 g/mol. The third-order valence-corrected chi connectivity index (χ3v) is 3.62. The first kappa shape index (κ1) is 14.4. The summed E-state index contributed by atoms with van der Waals surface area (Å²) in [6.07, 6.45) is 0.837. The zero-order valence-corrected chi connectivity index (χ0v) is 10.9. The van der Waals surface area contributed by atoms with Gasteiger partial charge in [-0.25, -0.2) is 8.42 Å². The molecule has 0 radical (unpaired) electrons. The van der Waals surface area contributed by atoms with Crippen LogP contribution in [0.4, 0.5) is 0 Å². The fourth-order valence-corrected chi connectivity index (χ4v) is 2.14. The second kappa shape index (κ2) is 5.30. The van der Waals surface area contributed by atoms with Crippen LogP contribution >= 0.6 is 0 Å². The highest BCUT2D eigenvalue weighted by Gasteiger charge is 2.18. The zero-order valence-electron chi connectivity index (χ0n) is 10.1. The summed E-state index contributed by atoms with van der Waals surface area (Å²) in [5.74, 6) is -1.98. The van der Waals surface area contributed by atoms with Crippen molar-refractivity contribution < 1.29 is 23.1 Å². The Balaban J connectivity index is 2.92. The van der Waals surface area contributed by atoms with Crippen LogP contribution in [-0.4, -0.2) is 31.5 Å². The summed E-state index contributed by atoms with van der Waals surface area (Å²) in [5, 5.41) is 8.60. The van der Waals surface area contributed by atoms with E-state index in [1.54, 1.807) is 0 Å². The van der Waals surface area contributed by atoms with Gasteiger partial charge >= 0.3 is 5.97 Å². The minimum atomic E-state index is -3.29. The summed E-state index contributed by atoms with van der Waals surface area (Å²) in [7, 11) is -3.29. The van der Waals surface area contributed by atoms with Gasteiger partial charge in [0.1, 0.15) is 0 Å². The van der Waals surface area contributed by atoms with Gasteiger partial charge in [0.2, 0.25) is 0 Å². The van der Waals surface area contributed by atoms with Gasteiger partial charge in [0.25, 0.3) is 0 Å². The van der Waals surface area contributed by atoms with Crippen LogP contribution in [0.25, 0.3) is 0 Å². The predicted octanol–water partition coefficient (Wildman–Crippen LogP) is 1.38. The molecule has 0 bridgehead atoms. The number of carbonyl (C=O) groups excluding carboxylic acids is 1. The lowest BCUT2D eigenvalue weighted by Crippen LogP contribution is -2.15. The van der Waals surface area contributed by atoms with E-state index in [4.69, 9.17) is 5.11 Å². The molecule has 0 aromatic heterocycles. The van der Waals surface area contributed by atoms with Gasteiger partial charge in [0.15, 0.2) is 15.6 Å². The average Bonchev–Trinajstić information content (AvgIpc) is 2.26. The third kappa shape index (κ3) is 3.66. The van der Waals surface area contributed by atoms with Gasteiger partial charge in [-0.05, 0) is 12.1 Å². The number of hydrogen-bond donors (Lipinski definition) is 1. The number of benzene rings is 1. The molecule has 1 atom stereocenters. The van der Waals surface area contributed by atoms with E-state index in [-0.39, 0.29) is 17.1 Å². The van der Waals surface area contributed by atoms with E-state index in [0.717, 1.165) is 6.26 Å². The smallest absolute Gasteiger partial charge is 0.304 e. The van der Waals surface area contributed by atoms with Gasteiger partial charge in [-0.15, -0.1) is 0 Å². The molecular weight excluding hydrogens is 256 g/mol. The maximum absolute atomic E-state index is 11.8. The number of Topliss-reactive ketones (excluding diaryl/α,β-unsaturated/α-hetero) is 1. The van der Waals surface area contributed by atoms with Crippen LogP contribution in [0.1, 0.15) is 23.7 Å². The van der Waals surface area contributed by atoms with Crippen molar-refractivity contribution in [3.8, 4) is 0 Å². The Labute approximate surface area is 105 Å². The van der Waals surface area contributed by atoms with Gasteiger partial charge in [-0.3, -0.25) is 9.59 Å². The summed E-state index contributed by atoms with van der Waals surface area (Å²) in [6.45, 7) is 1.53. The molecule has 5 nitrogen and oxygen atoms in total. The number of sulfone groups is 1. The summed E-state index contributed by atoms with van der Waals surface area (Å²) in [6, 6.07) is 5.49. The minimum Gasteiger partial charge on any atom is -0.481 e. The molecule has 0 aliphatic carbocycles. The van der Waals surface area contributed by atoms with Gasteiger partial charge in [0, 0.05) is 17.7 Å². The molecule has 0 aliphatic rings. The lowest BCUT2D eigenvalue weighted by Gasteiger charge is -2.08. The Bertz CT molecular complexity index is 557. The number of carboxylic acid groups (broad SMARTS) is 1. The molecule has 0 saturated carbocycles. The second-order valence-corrected chi connectivity index (χ2v) is 6.18. The Morgan fingerprint density at radius 2 is 1.72 bits per heavy atom. The first-order valence-electron chi connectivity index (χ1n) is 5.28. The van der Waals surface area contributed by atoms with E-state index in [0.29, 0.717) is 5.56 Å². The summed E-state index contributed by atoms with van der Waals surface area (Å²) >= 11 is 0. The standard InChI is InChI=1S/C12H14O5S/c1-8(7-11(13)14)12(15)9-3-5-10(6-4-9)18(2,16)17/h3-6,8H,7H2,1-2H3,(H,13,14). The number of carbonyl (C=O) groups is 2. The predicted molar refractivity (Wildman–Crippen MR) is 65.3 cm³/mol. The minimum absolute atomic E-state index is 0.130. The molecule has 0 spiro atoms. The molecule has 0 fully saturated rings. The van der Waals surface area contributed by atoms with Gasteiger partial charge in [-0.1, -0.05) is 19.1 Å². The third-order valence-electron chi connectivity index (χ3n) is 2.50. The van der Waals surface area contributed by atoms with Crippen molar-refractivity contribution in [1.29, 1.82) is 0 Å². The number of aliphatic carboxylic acids is 1. The molecule has 0 saturated heterocycles. The highest BCUT2D eigenvalue weighted by Crippen LogP contribution is 2.15.